The van der Waals surface area contributed by atoms with Crippen LogP contribution in [-0.4, -0.2) is 9.97 Å². The number of aromatic nitrogens is 2. The first-order chi connectivity index (χ1) is 9.65. The molecule has 0 saturated carbocycles. The molecule has 0 aliphatic heterocycles. The Kier molecular flexibility index (Phi) is 3.28. The fraction of sp³-hybridized carbons (Fsp3) is 0.125. The predicted octanol–water partition coefficient (Wildman–Crippen LogP) is 4.69. The Balaban J connectivity index is 2.10. The average molecular weight is 285 g/mol. The van der Waals surface area contributed by atoms with Gasteiger partial charge in [-0.2, -0.15) is 4.98 Å². The molecule has 1 aromatic heterocycles. The molecule has 1 heterocycles. The molecule has 0 unspecified atom stereocenters. The molecule has 3 nitrogen and oxygen atoms in total. The van der Waals surface area contributed by atoms with Crippen LogP contribution in [0.4, 0.5) is 0 Å². The largest absolute Gasteiger partial charge is 0.438 e. The summed E-state index contributed by atoms with van der Waals surface area (Å²) in [6.45, 7) is 3.64. The van der Waals surface area contributed by atoms with Crippen LogP contribution in [0, 0.1) is 13.8 Å². The van der Waals surface area contributed by atoms with E-state index in [-0.39, 0.29) is 0 Å². The van der Waals surface area contributed by atoms with Crippen molar-refractivity contribution in [3.8, 4) is 11.6 Å². The van der Waals surface area contributed by atoms with E-state index in [1.807, 2.05) is 49.4 Å². The van der Waals surface area contributed by atoms with E-state index in [2.05, 4.69) is 9.97 Å². The lowest BCUT2D eigenvalue weighted by Crippen LogP contribution is -1.97. The molecule has 0 fully saturated rings. The standard InChI is InChI=1S/C16H13ClN2O/c1-10-15(17)18-11(2)19-16(10)20-14-9-5-7-12-6-3-4-8-13(12)14/h3-9H,1-2H3. The molecule has 0 radical (unpaired) electrons. The second kappa shape index (κ2) is 5.10. The molecule has 0 N–H and O–H groups in total. The minimum atomic E-state index is 0.424. The molecule has 0 atom stereocenters. The van der Waals surface area contributed by atoms with Crippen molar-refractivity contribution >= 4 is 22.4 Å². The molecule has 3 aromatic rings. The summed E-state index contributed by atoms with van der Waals surface area (Å²) >= 11 is 6.07. The number of fused-ring (bicyclic) bond motifs is 1. The molecule has 2 aromatic carbocycles. The van der Waals surface area contributed by atoms with E-state index in [4.69, 9.17) is 16.3 Å². The molecule has 0 aliphatic carbocycles. The lowest BCUT2D eigenvalue weighted by molar-refractivity contribution is 0.460. The van der Waals surface area contributed by atoms with Gasteiger partial charge in [0.05, 0.1) is 0 Å². The smallest absolute Gasteiger partial charge is 0.227 e. The normalized spacial score (nSPS) is 10.8. The summed E-state index contributed by atoms with van der Waals surface area (Å²) < 4.78 is 5.95. The van der Waals surface area contributed by atoms with Gasteiger partial charge in [0.15, 0.2) is 0 Å². The van der Waals surface area contributed by atoms with Gasteiger partial charge in [-0.05, 0) is 25.3 Å². The van der Waals surface area contributed by atoms with E-state index in [0.717, 1.165) is 22.1 Å². The molecular formula is C16H13ClN2O. The van der Waals surface area contributed by atoms with Crippen molar-refractivity contribution in [1.82, 2.24) is 9.97 Å². The first kappa shape index (κ1) is 12.9. The summed E-state index contributed by atoms with van der Waals surface area (Å²) in [7, 11) is 0. The molecule has 0 saturated heterocycles. The van der Waals surface area contributed by atoms with Crippen LogP contribution in [0.2, 0.25) is 5.15 Å². The van der Waals surface area contributed by atoms with Crippen LogP contribution in [0.5, 0.6) is 11.6 Å². The first-order valence-electron chi connectivity index (χ1n) is 6.31. The second-order valence-corrected chi connectivity index (χ2v) is 4.93. The number of benzene rings is 2. The maximum Gasteiger partial charge on any atom is 0.227 e. The molecule has 4 heteroatoms. The summed E-state index contributed by atoms with van der Waals surface area (Å²) in [5.41, 5.74) is 0.741. The van der Waals surface area contributed by atoms with Gasteiger partial charge in [0, 0.05) is 10.9 Å². The summed E-state index contributed by atoms with van der Waals surface area (Å²) in [5, 5.41) is 2.59. The molecule has 100 valence electrons. The molecule has 3 rings (SSSR count). The Hall–Kier alpha value is -2.13. The lowest BCUT2D eigenvalue weighted by atomic mass is 10.1. The number of aryl methyl sites for hydroxylation is 1. The monoisotopic (exact) mass is 284 g/mol. The fourth-order valence-corrected chi connectivity index (χ4v) is 2.26. The Morgan fingerprint density at radius 2 is 1.70 bits per heavy atom. The number of nitrogens with zero attached hydrogens (tertiary/aromatic N) is 2. The van der Waals surface area contributed by atoms with Gasteiger partial charge in [0.25, 0.3) is 0 Å². The average Bonchev–Trinajstić information content (AvgIpc) is 2.44. The summed E-state index contributed by atoms with van der Waals surface area (Å²) in [6.07, 6.45) is 0. The van der Waals surface area contributed by atoms with Gasteiger partial charge >= 0.3 is 0 Å². The summed E-state index contributed by atoms with van der Waals surface area (Å²) in [4.78, 5) is 8.43. The van der Waals surface area contributed by atoms with Gasteiger partial charge in [-0.25, -0.2) is 4.98 Å². The molecular weight excluding hydrogens is 272 g/mol. The van der Waals surface area contributed by atoms with Crippen LogP contribution < -0.4 is 4.74 Å². The van der Waals surface area contributed by atoms with Crippen molar-refractivity contribution in [2.24, 2.45) is 0 Å². The van der Waals surface area contributed by atoms with Crippen LogP contribution in [0.25, 0.3) is 10.8 Å². The van der Waals surface area contributed by atoms with E-state index in [9.17, 15) is 0 Å². The number of halogens is 1. The molecule has 0 amide bonds. The quantitative estimate of drug-likeness (QED) is 0.640. The zero-order valence-electron chi connectivity index (χ0n) is 11.2. The lowest BCUT2D eigenvalue weighted by Gasteiger charge is -2.11. The minimum Gasteiger partial charge on any atom is -0.438 e. The van der Waals surface area contributed by atoms with Crippen molar-refractivity contribution in [1.29, 1.82) is 0 Å². The third-order valence-electron chi connectivity index (χ3n) is 3.11. The topological polar surface area (TPSA) is 35.0 Å². The third kappa shape index (κ3) is 2.32. The van der Waals surface area contributed by atoms with Crippen LogP contribution in [0.3, 0.4) is 0 Å². The number of ether oxygens (including phenoxy) is 1. The Labute approximate surface area is 122 Å². The highest BCUT2D eigenvalue weighted by atomic mass is 35.5. The zero-order chi connectivity index (χ0) is 14.1. The first-order valence-corrected chi connectivity index (χ1v) is 6.69. The molecule has 0 spiro atoms. The van der Waals surface area contributed by atoms with Crippen LogP contribution in [0.15, 0.2) is 42.5 Å². The van der Waals surface area contributed by atoms with Crippen molar-refractivity contribution in [3.05, 3.63) is 59.0 Å². The van der Waals surface area contributed by atoms with Crippen molar-refractivity contribution in [3.63, 3.8) is 0 Å². The van der Waals surface area contributed by atoms with Gasteiger partial charge in [0.2, 0.25) is 5.88 Å². The molecule has 0 bridgehead atoms. The highest BCUT2D eigenvalue weighted by Crippen LogP contribution is 2.31. The van der Waals surface area contributed by atoms with E-state index in [1.165, 1.54) is 0 Å². The summed E-state index contributed by atoms with van der Waals surface area (Å²) in [5.74, 6) is 1.86. The third-order valence-corrected chi connectivity index (χ3v) is 3.48. The zero-order valence-corrected chi connectivity index (χ0v) is 12.0. The van der Waals surface area contributed by atoms with Crippen molar-refractivity contribution in [2.75, 3.05) is 0 Å². The molecule has 0 aliphatic rings. The SMILES string of the molecule is Cc1nc(Cl)c(C)c(Oc2cccc3ccccc23)n1. The Morgan fingerprint density at radius 3 is 2.55 bits per heavy atom. The Bertz CT molecular complexity index is 781. The van der Waals surface area contributed by atoms with Gasteiger partial charge in [-0.3, -0.25) is 0 Å². The second-order valence-electron chi connectivity index (χ2n) is 4.57. The van der Waals surface area contributed by atoms with E-state index >= 15 is 0 Å². The van der Waals surface area contributed by atoms with Crippen LogP contribution in [-0.2, 0) is 0 Å². The van der Waals surface area contributed by atoms with Gasteiger partial charge < -0.3 is 4.74 Å². The van der Waals surface area contributed by atoms with Gasteiger partial charge in [-0.1, -0.05) is 48.0 Å². The number of rotatable bonds is 2. The predicted molar refractivity (Wildman–Crippen MR) is 80.5 cm³/mol. The molecule has 20 heavy (non-hydrogen) atoms. The highest BCUT2D eigenvalue weighted by molar-refractivity contribution is 6.30. The maximum atomic E-state index is 6.07. The van der Waals surface area contributed by atoms with Crippen molar-refractivity contribution in [2.45, 2.75) is 13.8 Å². The van der Waals surface area contributed by atoms with E-state index < -0.39 is 0 Å². The van der Waals surface area contributed by atoms with Gasteiger partial charge in [0.1, 0.15) is 16.7 Å². The minimum absolute atomic E-state index is 0.424. The maximum absolute atomic E-state index is 6.07. The van der Waals surface area contributed by atoms with E-state index in [1.54, 1.807) is 6.92 Å². The van der Waals surface area contributed by atoms with Crippen LogP contribution >= 0.6 is 11.6 Å². The van der Waals surface area contributed by atoms with E-state index in [0.29, 0.717) is 16.9 Å². The highest BCUT2D eigenvalue weighted by Gasteiger charge is 2.11. The van der Waals surface area contributed by atoms with Crippen molar-refractivity contribution < 1.29 is 4.74 Å². The van der Waals surface area contributed by atoms with Crippen LogP contribution in [0.1, 0.15) is 11.4 Å². The summed E-state index contributed by atoms with van der Waals surface area (Å²) in [6, 6.07) is 14.0. The fourth-order valence-electron chi connectivity index (χ4n) is 2.06. The Morgan fingerprint density at radius 1 is 0.950 bits per heavy atom. The number of hydrogen-bond acceptors (Lipinski definition) is 3. The van der Waals surface area contributed by atoms with Gasteiger partial charge in [-0.15, -0.1) is 0 Å². The number of hydrogen-bond donors (Lipinski definition) is 0.